The molecule has 110 valence electrons. The van der Waals surface area contributed by atoms with E-state index in [0.29, 0.717) is 26.2 Å². The molecule has 3 N–H and O–H groups in total. The molecule has 2 rings (SSSR count). The number of nitrogens with two attached hydrogens (primary N) is 1. The molecule has 0 radical (unpaired) electrons. The van der Waals surface area contributed by atoms with E-state index in [1.807, 2.05) is 25.1 Å². The standard InChI is InChI=1S/C15H22N2O3/c1-11(16)3-2-4-15(18)17-10-12-5-6-13-14(9-12)20-8-7-19-13/h5-6,9,11H,2-4,7-8,10,16H2,1H3,(H,17,18). The Balaban J connectivity index is 1.77. The van der Waals surface area contributed by atoms with E-state index in [9.17, 15) is 4.79 Å². The van der Waals surface area contributed by atoms with E-state index in [-0.39, 0.29) is 11.9 Å². The summed E-state index contributed by atoms with van der Waals surface area (Å²) in [6.07, 6.45) is 2.22. The first-order valence-corrected chi connectivity index (χ1v) is 7.06. The SMILES string of the molecule is CC(N)CCCC(=O)NCc1ccc2c(c1)OCCO2. The lowest BCUT2D eigenvalue weighted by Gasteiger charge is -2.19. The van der Waals surface area contributed by atoms with E-state index in [0.717, 1.165) is 29.9 Å². The molecule has 1 aliphatic rings. The highest BCUT2D eigenvalue weighted by molar-refractivity contribution is 5.75. The van der Waals surface area contributed by atoms with Gasteiger partial charge >= 0.3 is 0 Å². The van der Waals surface area contributed by atoms with Gasteiger partial charge in [-0.05, 0) is 37.5 Å². The Kier molecular flexibility index (Phi) is 5.24. The maximum Gasteiger partial charge on any atom is 0.220 e. The van der Waals surface area contributed by atoms with Crippen molar-refractivity contribution in [3.05, 3.63) is 23.8 Å². The molecule has 0 aliphatic carbocycles. The van der Waals surface area contributed by atoms with Gasteiger partial charge < -0.3 is 20.5 Å². The summed E-state index contributed by atoms with van der Waals surface area (Å²) in [6, 6.07) is 5.89. The van der Waals surface area contributed by atoms with E-state index in [2.05, 4.69) is 5.32 Å². The summed E-state index contributed by atoms with van der Waals surface area (Å²) in [7, 11) is 0. The zero-order valence-corrected chi connectivity index (χ0v) is 11.9. The Labute approximate surface area is 119 Å². The van der Waals surface area contributed by atoms with Crippen LogP contribution in [0.3, 0.4) is 0 Å². The largest absolute Gasteiger partial charge is 0.486 e. The Hall–Kier alpha value is -1.75. The molecule has 1 aliphatic heterocycles. The number of hydrogen-bond donors (Lipinski definition) is 2. The predicted octanol–water partition coefficient (Wildman–Crippen LogP) is 1.59. The van der Waals surface area contributed by atoms with Crippen LogP contribution in [0.2, 0.25) is 0 Å². The van der Waals surface area contributed by atoms with Gasteiger partial charge in [-0.3, -0.25) is 4.79 Å². The van der Waals surface area contributed by atoms with Crippen LogP contribution >= 0.6 is 0 Å². The second kappa shape index (κ2) is 7.14. The van der Waals surface area contributed by atoms with Gasteiger partial charge in [0, 0.05) is 19.0 Å². The summed E-state index contributed by atoms with van der Waals surface area (Å²) in [6.45, 7) is 3.61. The molecule has 1 aromatic carbocycles. The van der Waals surface area contributed by atoms with Gasteiger partial charge in [-0.15, -0.1) is 0 Å². The Morgan fingerprint density at radius 1 is 1.35 bits per heavy atom. The van der Waals surface area contributed by atoms with Crippen molar-refractivity contribution in [3.63, 3.8) is 0 Å². The second-order valence-corrected chi connectivity index (χ2v) is 5.12. The zero-order chi connectivity index (χ0) is 14.4. The second-order valence-electron chi connectivity index (χ2n) is 5.12. The number of fused-ring (bicyclic) bond motifs is 1. The summed E-state index contributed by atoms with van der Waals surface area (Å²) in [5.41, 5.74) is 6.66. The molecule has 20 heavy (non-hydrogen) atoms. The molecule has 0 saturated heterocycles. The number of carbonyl (C=O) groups is 1. The van der Waals surface area contributed by atoms with Crippen LogP contribution in [0.4, 0.5) is 0 Å². The van der Waals surface area contributed by atoms with E-state index in [1.165, 1.54) is 0 Å². The number of ether oxygens (including phenoxy) is 2. The van der Waals surface area contributed by atoms with Crippen molar-refractivity contribution >= 4 is 5.91 Å². The van der Waals surface area contributed by atoms with E-state index in [4.69, 9.17) is 15.2 Å². The number of benzene rings is 1. The lowest BCUT2D eigenvalue weighted by Crippen LogP contribution is -2.23. The van der Waals surface area contributed by atoms with Crippen molar-refractivity contribution in [2.24, 2.45) is 5.73 Å². The van der Waals surface area contributed by atoms with Gasteiger partial charge in [0.25, 0.3) is 0 Å². The normalized spacial score (nSPS) is 14.7. The van der Waals surface area contributed by atoms with Crippen molar-refractivity contribution in [2.45, 2.75) is 38.8 Å². The summed E-state index contributed by atoms with van der Waals surface area (Å²) in [4.78, 5) is 11.7. The first-order chi connectivity index (χ1) is 9.65. The molecule has 1 heterocycles. The third kappa shape index (κ3) is 4.42. The minimum atomic E-state index is 0.0561. The molecule has 0 bridgehead atoms. The highest BCUT2D eigenvalue weighted by atomic mass is 16.6. The lowest BCUT2D eigenvalue weighted by molar-refractivity contribution is -0.121. The predicted molar refractivity (Wildman–Crippen MR) is 76.8 cm³/mol. The Bertz CT molecular complexity index is 460. The molecular weight excluding hydrogens is 256 g/mol. The molecule has 1 aromatic rings. The van der Waals surface area contributed by atoms with Gasteiger partial charge in [0.15, 0.2) is 11.5 Å². The minimum Gasteiger partial charge on any atom is -0.486 e. The van der Waals surface area contributed by atoms with Gasteiger partial charge in [-0.2, -0.15) is 0 Å². The van der Waals surface area contributed by atoms with E-state index >= 15 is 0 Å². The fraction of sp³-hybridized carbons (Fsp3) is 0.533. The molecule has 5 nitrogen and oxygen atoms in total. The first-order valence-electron chi connectivity index (χ1n) is 7.06. The number of amides is 1. The number of hydrogen-bond acceptors (Lipinski definition) is 4. The third-order valence-electron chi connectivity index (χ3n) is 3.16. The zero-order valence-electron chi connectivity index (χ0n) is 11.9. The molecule has 1 atom stereocenters. The average molecular weight is 278 g/mol. The number of carbonyl (C=O) groups excluding carboxylic acids is 1. The quantitative estimate of drug-likeness (QED) is 0.829. The summed E-state index contributed by atoms with van der Waals surface area (Å²) < 4.78 is 11.0. The number of nitrogens with one attached hydrogen (secondary N) is 1. The maximum absolute atomic E-state index is 11.7. The van der Waals surface area contributed by atoms with Crippen molar-refractivity contribution in [1.82, 2.24) is 5.32 Å². The van der Waals surface area contributed by atoms with Crippen molar-refractivity contribution in [2.75, 3.05) is 13.2 Å². The molecule has 0 saturated carbocycles. The first kappa shape index (κ1) is 14.7. The molecule has 0 fully saturated rings. The van der Waals surface area contributed by atoms with Crippen LogP contribution in [0.5, 0.6) is 11.5 Å². The average Bonchev–Trinajstić information content (AvgIpc) is 2.44. The lowest BCUT2D eigenvalue weighted by atomic mass is 10.1. The molecule has 1 unspecified atom stereocenters. The minimum absolute atomic E-state index is 0.0561. The number of rotatable bonds is 6. The highest BCUT2D eigenvalue weighted by Gasteiger charge is 2.11. The van der Waals surface area contributed by atoms with Gasteiger partial charge in [0.05, 0.1) is 0 Å². The van der Waals surface area contributed by atoms with Crippen molar-refractivity contribution in [3.8, 4) is 11.5 Å². The van der Waals surface area contributed by atoms with Gasteiger partial charge in [-0.1, -0.05) is 6.07 Å². The highest BCUT2D eigenvalue weighted by Crippen LogP contribution is 2.30. The summed E-state index contributed by atoms with van der Waals surface area (Å²) in [5.74, 6) is 1.57. The van der Waals surface area contributed by atoms with E-state index in [1.54, 1.807) is 0 Å². The van der Waals surface area contributed by atoms with Gasteiger partial charge in [0.2, 0.25) is 5.91 Å². The monoisotopic (exact) mass is 278 g/mol. The van der Waals surface area contributed by atoms with Crippen LogP contribution < -0.4 is 20.5 Å². The third-order valence-corrected chi connectivity index (χ3v) is 3.16. The molecule has 0 aromatic heterocycles. The van der Waals surface area contributed by atoms with Crippen LogP contribution in [-0.2, 0) is 11.3 Å². The molecule has 5 heteroatoms. The summed E-state index contributed by atoms with van der Waals surface area (Å²) >= 11 is 0. The van der Waals surface area contributed by atoms with Crippen LogP contribution in [0, 0.1) is 0 Å². The molecule has 0 spiro atoms. The van der Waals surface area contributed by atoms with Gasteiger partial charge in [0.1, 0.15) is 13.2 Å². The Morgan fingerprint density at radius 2 is 2.10 bits per heavy atom. The summed E-state index contributed by atoms with van der Waals surface area (Å²) in [5, 5.41) is 2.90. The van der Waals surface area contributed by atoms with Crippen LogP contribution in [0.25, 0.3) is 0 Å². The molecular formula is C15H22N2O3. The topological polar surface area (TPSA) is 73.6 Å². The van der Waals surface area contributed by atoms with Crippen LogP contribution in [0.1, 0.15) is 31.7 Å². The Morgan fingerprint density at radius 3 is 2.85 bits per heavy atom. The smallest absolute Gasteiger partial charge is 0.220 e. The maximum atomic E-state index is 11.7. The fourth-order valence-electron chi connectivity index (χ4n) is 2.07. The van der Waals surface area contributed by atoms with Gasteiger partial charge in [-0.25, -0.2) is 0 Å². The van der Waals surface area contributed by atoms with Crippen molar-refractivity contribution < 1.29 is 14.3 Å². The van der Waals surface area contributed by atoms with E-state index < -0.39 is 0 Å². The molecule has 1 amide bonds. The van der Waals surface area contributed by atoms with Crippen LogP contribution in [0.15, 0.2) is 18.2 Å². The fourth-order valence-corrected chi connectivity index (χ4v) is 2.07. The van der Waals surface area contributed by atoms with Crippen molar-refractivity contribution in [1.29, 1.82) is 0 Å². The van der Waals surface area contributed by atoms with Crippen LogP contribution in [-0.4, -0.2) is 25.2 Å².